The van der Waals surface area contributed by atoms with Gasteiger partial charge in [-0.1, -0.05) is 63.4 Å². The standard InChI is InChI=1S/C20H30O4/c1-16(2)9-5-3-8-12-18(15-17-10-6-4-7-11-17)24-20(23)14-13-19(21)22/h4,6-7,10-11,16,18H,3,5,8-9,12-15H2,1-2H3,(H,21,22). The van der Waals surface area contributed by atoms with Crippen LogP contribution in [0.5, 0.6) is 0 Å². The summed E-state index contributed by atoms with van der Waals surface area (Å²) in [4.78, 5) is 22.4. The van der Waals surface area contributed by atoms with Crippen molar-refractivity contribution in [3.63, 3.8) is 0 Å². The second kappa shape index (κ2) is 11.7. The van der Waals surface area contributed by atoms with Crippen molar-refractivity contribution in [2.45, 2.75) is 71.3 Å². The summed E-state index contributed by atoms with van der Waals surface area (Å²) >= 11 is 0. The average Bonchev–Trinajstić information content (AvgIpc) is 2.53. The molecule has 0 fully saturated rings. The highest BCUT2D eigenvalue weighted by molar-refractivity contribution is 5.76. The van der Waals surface area contributed by atoms with E-state index >= 15 is 0 Å². The molecule has 4 nitrogen and oxygen atoms in total. The molecule has 0 heterocycles. The van der Waals surface area contributed by atoms with Crippen LogP contribution in [0.1, 0.15) is 64.4 Å². The first kappa shape index (κ1) is 20.2. The van der Waals surface area contributed by atoms with E-state index in [1.165, 1.54) is 12.8 Å². The van der Waals surface area contributed by atoms with Crippen molar-refractivity contribution in [2.75, 3.05) is 0 Å². The van der Waals surface area contributed by atoms with E-state index in [0.29, 0.717) is 6.42 Å². The molecule has 1 aromatic rings. The quantitative estimate of drug-likeness (QED) is 0.448. The highest BCUT2D eigenvalue weighted by Crippen LogP contribution is 2.16. The van der Waals surface area contributed by atoms with Crippen LogP contribution in [0.15, 0.2) is 30.3 Å². The molecule has 1 atom stereocenters. The summed E-state index contributed by atoms with van der Waals surface area (Å²) in [6.07, 6.45) is 5.68. The van der Waals surface area contributed by atoms with Gasteiger partial charge in [0.05, 0.1) is 12.8 Å². The SMILES string of the molecule is CC(C)CCCCCC(Cc1ccccc1)OC(=O)CCC(=O)O. The van der Waals surface area contributed by atoms with Gasteiger partial charge in [-0.15, -0.1) is 0 Å². The Bertz CT molecular complexity index is 482. The molecule has 1 rings (SSSR count). The Morgan fingerprint density at radius 2 is 1.67 bits per heavy atom. The molecule has 0 spiro atoms. The van der Waals surface area contributed by atoms with E-state index < -0.39 is 11.9 Å². The summed E-state index contributed by atoms with van der Waals surface area (Å²) in [6.45, 7) is 4.45. The van der Waals surface area contributed by atoms with E-state index in [1.54, 1.807) is 0 Å². The predicted octanol–water partition coefficient (Wildman–Crippen LogP) is 4.61. The summed E-state index contributed by atoms with van der Waals surface area (Å²) in [7, 11) is 0. The first-order valence-corrected chi connectivity index (χ1v) is 8.92. The third kappa shape index (κ3) is 10.0. The first-order chi connectivity index (χ1) is 11.5. The predicted molar refractivity (Wildman–Crippen MR) is 94.8 cm³/mol. The lowest BCUT2D eigenvalue weighted by Gasteiger charge is -2.18. The zero-order chi connectivity index (χ0) is 17.8. The van der Waals surface area contributed by atoms with Crippen LogP contribution in [-0.4, -0.2) is 23.1 Å². The largest absolute Gasteiger partial charge is 0.481 e. The number of carboxylic acids is 1. The molecular formula is C20H30O4. The summed E-state index contributed by atoms with van der Waals surface area (Å²) < 4.78 is 5.53. The molecule has 0 amide bonds. The minimum absolute atomic E-state index is 0.0615. The molecule has 0 aromatic heterocycles. The van der Waals surface area contributed by atoms with Crippen LogP contribution in [0, 0.1) is 5.92 Å². The van der Waals surface area contributed by atoms with Crippen molar-refractivity contribution in [3.8, 4) is 0 Å². The van der Waals surface area contributed by atoms with Gasteiger partial charge in [-0.05, 0) is 24.3 Å². The molecule has 134 valence electrons. The zero-order valence-electron chi connectivity index (χ0n) is 14.9. The number of carbonyl (C=O) groups is 2. The van der Waals surface area contributed by atoms with Gasteiger partial charge in [-0.25, -0.2) is 0 Å². The van der Waals surface area contributed by atoms with Crippen LogP contribution in [0.3, 0.4) is 0 Å². The van der Waals surface area contributed by atoms with Crippen LogP contribution in [-0.2, 0) is 20.7 Å². The van der Waals surface area contributed by atoms with E-state index in [-0.39, 0.29) is 18.9 Å². The van der Waals surface area contributed by atoms with Gasteiger partial charge in [0.2, 0.25) is 0 Å². The lowest BCUT2D eigenvalue weighted by atomic mass is 10.00. The number of unbranched alkanes of at least 4 members (excludes halogenated alkanes) is 2. The van der Waals surface area contributed by atoms with E-state index in [9.17, 15) is 9.59 Å². The first-order valence-electron chi connectivity index (χ1n) is 8.92. The Morgan fingerprint density at radius 1 is 1.00 bits per heavy atom. The van der Waals surface area contributed by atoms with Crippen LogP contribution in [0.2, 0.25) is 0 Å². The Labute approximate surface area is 145 Å². The van der Waals surface area contributed by atoms with Gasteiger partial charge < -0.3 is 9.84 Å². The average molecular weight is 334 g/mol. The fourth-order valence-corrected chi connectivity index (χ4v) is 2.63. The maximum absolute atomic E-state index is 11.8. The number of aliphatic carboxylic acids is 1. The van der Waals surface area contributed by atoms with Crippen molar-refractivity contribution in [3.05, 3.63) is 35.9 Å². The number of hydrogen-bond acceptors (Lipinski definition) is 3. The number of carboxylic acid groups (broad SMARTS) is 1. The topological polar surface area (TPSA) is 63.6 Å². The smallest absolute Gasteiger partial charge is 0.306 e. The summed E-state index contributed by atoms with van der Waals surface area (Å²) in [5.74, 6) is -0.667. The van der Waals surface area contributed by atoms with Gasteiger partial charge in [0.15, 0.2) is 0 Å². The molecule has 0 aliphatic rings. The van der Waals surface area contributed by atoms with Gasteiger partial charge in [0.1, 0.15) is 6.10 Å². The molecule has 0 bridgehead atoms. The molecule has 0 saturated heterocycles. The highest BCUT2D eigenvalue weighted by atomic mass is 16.5. The van der Waals surface area contributed by atoms with Gasteiger partial charge in [-0.3, -0.25) is 9.59 Å². The van der Waals surface area contributed by atoms with E-state index in [0.717, 1.165) is 30.7 Å². The molecule has 1 N–H and O–H groups in total. The van der Waals surface area contributed by atoms with Gasteiger partial charge in [-0.2, -0.15) is 0 Å². The lowest BCUT2D eigenvalue weighted by molar-refractivity contribution is -0.152. The molecule has 24 heavy (non-hydrogen) atoms. The molecule has 4 heteroatoms. The molecule has 0 radical (unpaired) electrons. The van der Waals surface area contributed by atoms with Crippen molar-refractivity contribution in [1.82, 2.24) is 0 Å². The third-order valence-electron chi connectivity index (χ3n) is 3.95. The highest BCUT2D eigenvalue weighted by Gasteiger charge is 2.16. The normalized spacial score (nSPS) is 12.1. The van der Waals surface area contributed by atoms with Crippen molar-refractivity contribution >= 4 is 11.9 Å². The lowest BCUT2D eigenvalue weighted by Crippen LogP contribution is -2.21. The van der Waals surface area contributed by atoms with Crippen LogP contribution < -0.4 is 0 Å². The Hall–Kier alpha value is -1.84. The number of rotatable bonds is 12. The van der Waals surface area contributed by atoms with Gasteiger partial charge in [0, 0.05) is 6.42 Å². The molecule has 1 unspecified atom stereocenters. The molecule has 0 aliphatic carbocycles. The van der Waals surface area contributed by atoms with Crippen molar-refractivity contribution < 1.29 is 19.4 Å². The third-order valence-corrected chi connectivity index (χ3v) is 3.95. The minimum atomic E-state index is -0.972. The Kier molecular flexibility index (Phi) is 9.81. The van der Waals surface area contributed by atoms with Crippen LogP contribution in [0.4, 0.5) is 0 Å². The van der Waals surface area contributed by atoms with Crippen LogP contribution >= 0.6 is 0 Å². The zero-order valence-corrected chi connectivity index (χ0v) is 14.9. The Balaban J connectivity index is 2.46. The van der Waals surface area contributed by atoms with Gasteiger partial charge in [0.25, 0.3) is 0 Å². The second-order valence-corrected chi connectivity index (χ2v) is 6.73. The molecule has 1 aromatic carbocycles. The minimum Gasteiger partial charge on any atom is -0.481 e. The van der Waals surface area contributed by atoms with Crippen LogP contribution in [0.25, 0.3) is 0 Å². The summed E-state index contributed by atoms with van der Waals surface area (Å²) in [6, 6.07) is 9.96. The molecule has 0 saturated carbocycles. The second-order valence-electron chi connectivity index (χ2n) is 6.73. The monoisotopic (exact) mass is 334 g/mol. The number of carbonyl (C=O) groups excluding carboxylic acids is 1. The fraction of sp³-hybridized carbons (Fsp3) is 0.600. The summed E-state index contributed by atoms with van der Waals surface area (Å²) in [5, 5.41) is 8.67. The van der Waals surface area contributed by atoms with E-state index in [2.05, 4.69) is 13.8 Å². The maximum Gasteiger partial charge on any atom is 0.306 e. The van der Waals surface area contributed by atoms with E-state index in [4.69, 9.17) is 9.84 Å². The fourth-order valence-electron chi connectivity index (χ4n) is 2.63. The number of esters is 1. The van der Waals surface area contributed by atoms with E-state index in [1.807, 2.05) is 30.3 Å². The maximum atomic E-state index is 11.8. The molecular weight excluding hydrogens is 304 g/mol. The van der Waals surface area contributed by atoms with Crippen molar-refractivity contribution in [2.24, 2.45) is 5.92 Å². The van der Waals surface area contributed by atoms with Gasteiger partial charge >= 0.3 is 11.9 Å². The number of ether oxygens (including phenoxy) is 1. The number of benzene rings is 1. The molecule has 0 aliphatic heterocycles. The van der Waals surface area contributed by atoms with Crippen molar-refractivity contribution in [1.29, 1.82) is 0 Å². The Morgan fingerprint density at radius 3 is 2.29 bits per heavy atom. The summed E-state index contributed by atoms with van der Waals surface area (Å²) in [5.41, 5.74) is 1.13. The number of hydrogen-bond donors (Lipinski definition) is 1.